The summed E-state index contributed by atoms with van der Waals surface area (Å²) >= 11 is 0. The number of rotatable bonds is 2. The zero-order valence-electron chi connectivity index (χ0n) is 24.2. The van der Waals surface area contributed by atoms with Crippen LogP contribution in [0.1, 0.15) is 99.9 Å². The van der Waals surface area contributed by atoms with Gasteiger partial charge >= 0.3 is 6.09 Å². The first kappa shape index (κ1) is 33.4. The molecule has 1 saturated carbocycles. The van der Waals surface area contributed by atoms with Gasteiger partial charge in [-0.25, -0.2) is 4.79 Å². The summed E-state index contributed by atoms with van der Waals surface area (Å²) in [4.78, 5) is 26.0. The lowest BCUT2D eigenvalue weighted by Gasteiger charge is -2.58. The van der Waals surface area contributed by atoms with Gasteiger partial charge in [-0.1, -0.05) is 55.0 Å². The molecule has 0 N–H and O–H groups in total. The van der Waals surface area contributed by atoms with Crippen molar-refractivity contribution in [3.8, 4) is 11.4 Å². The molecule has 1 saturated heterocycles. The molecular formula is C29H52N4O3. The fourth-order valence-corrected chi connectivity index (χ4v) is 4.59. The summed E-state index contributed by atoms with van der Waals surface area (Å²) in [6.45, 7) is 23.4. The molecule has 3 heterocycles. The number of likely N-dealkylation sites (tertiary alicyclic amines) is 1. The smallest absolute Gasteiger partial charge is 0.410 e. The maximum absolute atomic E-state index is 12.2. The minimum absolute atomic E-state index is 0. The number of carbonyl (C=O) groups is 1. The molecule has 0 unspecified atom stereocenters. The van der Waals surface area contributed by atoms with E-state index in [0.717, 1.165) is 48.6 Å². The molecule has 1 amide bonds. The standard InChI is InChI=1S/C22H30N4O3.3C2H6.CH4/c1-14-15(2)26(23-19(14)17-8-7-9-18(27)24(17)6)16-10-22(11-16)12-25(13-22)20(28)29-21(3,4)5;3*1-2;/h7-9,16H,10-13H2,1-6H3;3*1-2H3;1H4. The zero-order valence-corrected chi connectivity index (χ0v) is 24.2. The van der Waals surface area contributed by atoms with Gasteiger partial charge in [0.05, 0.1) is 11.7 Å². The summed E-state index contributed by atoms with van der Waals surface area (Å²) < 4.78 is 9.22. The highest BCUT2D eigenvalue weighted by Crippen LogP contribution is 2.54. The van der Waals surface area contributed by atoms with E-state index in [1.54, 1.807) is 28.6 Å². The summed E-state index contributed by atoms with van der Waals surface area (Å²) in [6.07, 6.45) is 1.81. The van der Waals surface area contributed by atoms with Crippen LogP contribution >= 0.6 is 0 Å². The molecule has 2 aliphatic rings. The van der Waals surface area contributed by atoms with E-state index in [1.165, 1.54) is 0 Å². The van der Waals surface area contributed by atoms with E-state index < -0.39 is 5.60 Å². The predicted molar refractivity (Wildman–Crippen MR) is 152 cm³/mol. The third-order valence-corrected chi connectivity index (χ3v) is 6.26. The van der Waals surface area contributed by atoms with Gasteiger partial charge in [-0.05, 0) is 59.1 Å². The van der Waals surface area contributed by atoms with Gasteiger partial charge in [0.1, 0.15) is 11.3 Å². The van der Waals surface area contributed by atoms with Crippen molar-refractivity contribution in [3.63, 3.8) is 0 Å². The van der Waals surface area contributed by atoms with Gasteiger partial charge in [-0.15, -0.1) is 0 Å². The van der Waals surface area contributed by atoms with Crippen LogP contribution in [0.4, 0.5) is 4.79 Å². The van der Waals surface area contributed by atoms with Gasteiger partial charge < -0.3 is 14.2 Å². The van der Waals surface area contributed by atoms with Crippen molar-refractivity contribution in [2.24, 2.45) is 12.5 Å². The molecule has 2 aromatic heterocycles. The second-order valence-corrected chi connectivity index (χ2v) is 9.71. The monoisotopic (exact) mass is 504 g/mol. The van der Waals surface area contributed by atoms with E-state index >= 15 is 0 Å². The molecule has 7 heteroatoms. The summed E-state index contributed by atoms with van der Waals surface area (Å²) in [7, 11) is 1.78. The first-order valence-corrected chi connectivity index (χ1v) is 13.2. The topological polar surface area (TPSA) is 69.4 Å². The van der Waals surface area contributed by atoms with E-state index in [2.05, 4.69) is 18.5 Å². The Morgan fingerprint density at radius 3 is 2.06 bits per heavy atom. The average Bonchev–Trinajstić information content (AvgIpc) is 3.06. The van der Waals surface area contributed by atoms with Crippen LogP contribution in [0.2, 0.25) is 0 Å². The molecule has 0 aromatic carbocycles. The number of hydrogen-bond acceptors (Lipinski definition) is 4. The molecular weight excluding hydrogens is 452 g/mol. The minimum Gasteiger partial charge on any atom is -0.444 e. The lowest BCUT2D eigenvalue weighted by atomic mass is 9.61. The van der Waals surface area contributed by atoms with E-state index in [4.69, 9.17) is 9.84 Å². The number of hydrogen-bond donors (Lipinski definition) is 0. The quantitative estimate of drug-likeness (QED) is 0.435. The largest absolute Gasteiger partial charge is 0.444 e. The second-order valence-electron chi connectivity index (χ2n) is 9.71. The van der Waals surface area contributed by atoms with Gasteiger partial charge in [0, 0.05) is 37.3 Å². The van der Waals surface area contributed by atoms with Gasteiger partial charge in [0.15, 0.2) is 0 Å². The van der Waals surface area contributed by atoms with E-state index in [1.807, 2.05) is 68.4 Å². The maximum Gasteiger partial charge on any atom is 0.410 e. The van der Waals surface area contributed by atoms with Crippen LogP contribution in [0.15, 0.2) is 23.0 Å². The fraction of sp³-hybridized carbons (Fsp3) is 0.690. The minimum atomic E-state index is -0.459. The molecule has 206 valence electrons. The number of carbonyl (C=O) groups excluding carboxylic acids is 1. The van der Waals surface area contributed by atoms with Crippen molar-refractivity contribution in [1.29, 1.82) is 0 Å². The molecule has 0 bridgehead atoms. The summed E-state index contributed by atoms with van der Waals surface area (Å²) in [5.74, 6) is 0. The lowest BCUT2D eigenvalue weighted by Crippen LogP contribution is -2.64. The number of nitrogens with zero attached hydrogens (tertiary/aromatic N) is 4. The summed E-state index contributed by atoms with van der Waals surface area (Å²) in [6, 6.07) is 5.62. The first-order valence-electron chi connectivity index (χ1n) is 13.2. The van der Waals surface area contributed by atoms with E-state index in [-0.39, 0.29) is 24.5 Å². The molecule has 7 nitrogen and oxygen atoms in total. The van der Waals surface area contributed by atoms with Gasteiger partial charge in [0.2, 0.25) is 0 Å². The molecule has 0 radical (unpaired) electrons. The number of ether oxygens (including phenoxy) is 1. The van der Waals surface area contributed by atoms with Crippen LogP contribution in [0.5, 0.6) is 0 Å². The van der Waals surface area contributed by atoms with Crippen molar-refractivity contribution < 1.29 is 9.53 Å². The van der Waals surface area contributed by atoms with Crippen LogP contribution in [0, 0.1) is 19.3 Å². The Balaban J connectivity index is 0.00000163. The maximum atomic E-state index is 12.2. The Hall–Kier alpha value is -2.57. The summed E-state index contributed by atoms with van der Waals surface area (Å²) in [5, 5.41) is 4.88. The molecule has 0 atom stereocenters. The molecule has 2 fully saturated rings. The lowest BCUT2D eigenvalue weighted by molar-refractivity contribution is -0.0930. The Morgan fingerprint density at radius 2 is 1.56 bits per heavy atom. The second kappa shape index (κ2) is 13.7. The number of amides is 1. The molecule has 36 heavy (non-hydrogen) atoms. The van der Waals surface area contributed by atoms with E-state index in [0.29, 0.717) is 6.04 Å². The van der Waals surface area contributed by atoms with Crippen LogP contribution < -0.4 is 5.56 Å². The van der Waals surface area contributed by atoms with Crippen molar-refractivity contribution in [2.75, 3.05) is 13.1 Å². The predicted octanol–water partition coefficient (Wildman–Crippen LogP) is 7.15. The van der Waals surface area contributed by atoms with Crippen LogP contribution in [0.3, 0.4) is 0 Å². The Labute approximate surface area is 219 Å². The highest BCUT2D eigenvalue weighted by atomic mass is 16.6. The van der Waals surface area contributed by atoms with Gasteiger partial charge in [-0.3, -0.25) is 9.48 Å². The molecule has 1 aliphatic carbocycles. The number of aromatic nitrogens is 3. The molecule has 4 rings (SSSR count). The van der Waals surface area contributed by atoms with Crippen LogP contribution in [-0.2, 0) is 11.8 Å². The number of pyridine rings is 1. The third-order valence-electron chi connectivity index (χ3n) is 6.26. The highest BCUT2D eigenvalue weighted by molar-refractivity contribution is 5.69. The molecule has 1 spiro atoms. The van der Waals surface area contributed by atoms with Gasteiger partial charge in [-0.2, -0.15) is 5.10 Å². The third kappa shape index (κ3) is 7.01. The zero-order chi connectivity index (χ0) is 27.1. The Morgan fingerprint density at radius 1 is 1.03 bits per heavy atom. The van der Waals surface area contributed by atoms with E-state index in [9.17, 15) is 9.59 Å². The van der Waals surface area contributed by atoms with Crippen molar-refractivity contribution in [3.05, 3.63) is 39.8 Å². The van der Waals surface area contributed by atoms with Crippen molar-refractivity contribution in [1.82, 2.24) is 19.2 Å². The fourth-order valence-electron chi connectivity index (χ4n) is 4.59. The van der Waals surface area contributed by atoms with Crippen molar-refractivity contribution in [2.45, 2.75) is 108 Å². The normalized spacial score (nSPS) is 15.4. The van der Waals surface area contributed by atoms with Crippen molar-refractivity contribution >= 4 is 6.09 Å². The Bertz CT molecular complexity index is 1020. The van der Waals surface area contributed by atoms with Gasteiger partial charge in [0.25, 0.3) is 5.56 Å². The molecule has 1 aliphatic heterocycles. The van der Waals surface area contributed by atoms with Crippen LogP contribution in [-0.4, -0.2) is 44.0 Å². The average molecular weight is 505 g/mol. The summed E-state index contributed by atoms with van der Waals surface area (Å²) in [5.41, 5.74) is 3.66. The Kier molecular flexibility index (Phi) is 12.7. The SMILES string of the molecule is C.CC.CC.CC.Cc1c(-c2cccc(=O)n2C)nn(C2CC3(C2)CN(C(=O)OC(C)(C)C)C3)c1C. The first-order chi connectivity index (χ1) is 16.5. The highest BCUT2D eigenvalue weighted by Gasteiger charge is 2.55. The molecule has 2 aromatic rings. The van der Waals surface area contributed by atoms with Crippen LogP contribution in [0.25, 0.3) is 11.4 Å².